The van der Waals surface area contributed by atoms with Crippen molar-refractivity contribution in [1.82, 2.24) is 20.1 Å². The Bertz CT molecular complexity index is 1090. The lowest BCUT2D eigenvalue weighted by Crippen LogP contribution is -2.49. The molecule has 194 valence electrons. The molecule has 13 heteroatoms. The van der Waals surface area contributed by atoms with Crippen LogP contribution in [0.2, 0.25) is 0 Å². The Labute approximate surface area is 206 Å². The molecular formula is C23H28F3N7O3. The Morgan fingerprint density at radius 1 is 1.14 bits per heavy atom. The summed E-state index contributed by atoms with van der Waals surface area (Å²) in [5.41, 5.74) is -2.62. The molecule has 2 aliphatic rings. The fraction of sp³-hybridized carbons (Fsp3) is 0.522. The van der Waals surface area contributed by atoms with Crippen LogP contribution in [-0.2, 0) is 15.7 Å². The molecule has 10 nitrogen and oxygen atoms in total. The molecule has 1 saturated heterocycles. The fourth-order valence-electron chi connectivity index (χ4n) is 3.32. The molecule has 0 radical (unpaired) electrons. The van der Waals surface area contributed by atoms with Gasteiger partial charge in [0.1, 0.15) is 17.5 Å². The highest BCUT2D eigenvalue weighted by atomic mass is 19.4. The van der Waals surface area contributed by atoms with E-state index in [-0.39, 0.29) is 32.1 Å². The van der Waals surface area contributed by atoms with Crippen molar-refractivity contribution in [2.45, 2.75) is 31.9 Å². The minimum atomic E-state index is -4.81. The summed E-state index contributed by atoms with van der Waals surface area (Å²) in [6.45, 7) is 2.46. The number of anilines is 2. The number of nitriles is 1. The number of halogens is 3. The van der Waals surface area contributed by atoms with Gasteiger partial charge < -0.3 is 19.9 Å². The van der Waals surface area contributed by atoms with Gasteiger partial charge in [-0.05, 0) is 12.1 Å². The second kappa shape index (κ2) is 12.9. The number of carbonyl (C=O) groups excluding carboxylic acids is 1. The number of carbonyl (C=O) groups is 1. The van der Waals surface area contributed by atoms with Crippen LogP contribution in [0.15, 0.2) is 29.3 Å². The van der Waals surface area contributed by atoms with E-state index in [1.54, 1.807) is 22.1 Å². The first kappa shape index (κ1) is 26.9. The zero-order valence-electron chi connectivity index (χ0n) is 19.7. The molecule has 2 N–H and O–H groups in total. The molecule has 1 saturated carbocycles. The SMILES string of the molecule is C1CC1.N#Cc1ccc(N2CCN(C(=O)CCOCCNc3cn[nH]c(=O)c3C(F)(F)F)CC2)nc1. The summed E-state index contributed by atoms with van der Waals surface area (Å²) in [6.07, 6.45) is 2.23. The summed E-state index contributed by atoms with van der Waals surface area (Å²) >= 11 is 0. The van der Waals surface area contributed by atoms with Crippen LogP contribution in [-0.4, -0.2) is 71.9 Å². The molecule has 2 aromatic heterocycles. The van der Waals surface area contributed by atoms with Crippen molar-refractivity contribution in [1.29, 1.82) is 5.26 Å². The van der Waals surface area contributed by atoms with Crippen LogP contribution in [0.25, 0.3) is 0 Å². The third-order valence-corrected chi connectivity index (χ3v) is 5.35. The smallest absolute Gasteiger partial charge is 0.381 e. The van der Waals surface area contributed by atoms with Crippen LogP contribution < -0.4 is 15.8 Å². The van der Waals surface area contributed by atoms with Crippen molar-refractivity contribution in [2.24, 2.45) is 0 Å². The summed E-state index contributed by atoms with van der Waals surface area (Å²) in [6, 6.07) is 5.49. The van der Waals surface area contributed by atoms with Gasteiger partial charge in [-0.25, -0.2) is 10.1 Å². The third-order valence-electron chi connectivity index (χ3n) is 5.35. The van der Waals surface area contributed by atoms with Gasteiger partial charge in [0.05, 0.1) is 37.1 Å². The summed E-state index contributed by atoms with van der Waals surface area (Å²) in [7, 11) is 0. The highest BCUT2D eigenvalue weighted by molar-refractivity contribution is 5.76. The van der Waals surface area contributed by atoms with Crippen molar-refractivity contribution >= 4 is 17.4 Å². The Morgan fingerprint density at radius 2 is 1.86 bits per heavy atom. The predicted octanol–water partition coefficient (Wildman–Crippen LogP) is 2.39. The number of hydrogen-bond acceptors (Lipinski definition) is 8. The van der Waals surface area contributed by atoms with Crippen LogP contribution in [0, 0.1) is 11.3 Å². The second-order valence-corrected chi connectivity index (χ2v) is 8.22. The molecule has 0 bridgehead atoms. The van der Waals surface area contributed by atoms with Gasteiger partial charge >= 0.3 is 6.18 Å². The quantitative estimate of drug-likeness (QED) is 0.522. The van der Waals surface area contributed by atoms with E-state index in [0.717, 1.165) is 12.0 Å². The normalized spacial score (nSPS) is 14.9. The third kappa shape index (κ3) is 8.23. The maximum absolute atomic E-state index is 13.0. The van der Waals surface area contributed by atoms with Crippen LogP contribution in [0.3, 0.4) is 0 Å². The lowest BCUT2D eigenvalue weighted by atomic mass is 10.2. The van der Waals surface area contributed by atoms with E-state index in [4.69, 9.17) is 10.00 Å². The van der Waals surface area contributed by atoms with Gasteiger partial charge in [0.25, 0.3) is 5.56 Å². The molecule has 0 spiro atoms. The molecule has 0 aromatic carbocycles. The fourth-order valence-corrected chi connectivity index (χ4v) is 3.32. The summed E-state index contributed by atoms with van der Waals surface area (Å²) in [5, 5.41) is 16.5. The van der Waals surface area contributed by atoms with E-state index >= 15 is 0 Å². The topological polar surface area (TPSA) is 127 Å². The van der Waals surface area contributed by atoms with Gasteiger partial charge in [-0.3, -0.25) is 9.59 Å². The monoisotopic (exact) mass is 507 g/mol. The first-order valence-electron chi connectivity index (χ1n) is 11.6. The lowest BCUT2D eigenvalue weighted by Gasteiger charge is -2.35. The summed E-state index contributed by atoms with van der Waals surface area (Å²) in [5.74, 6) is 0.676. The number of ether oxygens (including phenoxy) is 1. The predicted molar refractivity (Wildman–Crippen MR) is 125 cm³/mol. The average molecular weight is 508 g/mol. The Hall–Kier alpha value is -3.66. The maximum Gasteiger partial charge on any atom is 0.423 e. The maximum atomic E-state index is 13.0. The Kier molecular flexibility index (Phi) is 9.63. The van der Waals surface area contributed by atoms with E-state index in [1.165, 1.54) is 25.5 Å². The lowest BCUT2D eigenvalue weighted by molar-refractivity contribution is -0.138. The van der Waals surface area contributed by atoms with E-state index in [1.807, 2.05) is 11.0 Å². The first-order chi connectivity index (χ1) is 17.3. The van der Waals surface area contributed by atoms with Crippen molar-refractivity contribution < 1.29 is 22.7 Å². The van der Waals surface area contributed by atoms with Gasteiger partial charge in [-0.15, -0.1) is 0 Å². The van der Waals surface area contributed by atoms with Gasteiger partial charge in [0, 0.05) is 38.9 Å². The number of amides is 1. The summed E-state index contributed by atoms with van der Waals surface area (Å²) < 4.78 is 44.3. The van der Waals surface area contributed by atoms with Crippen molar-refractivity contribution in [3.63, 3.8) is 0 Å². The second-order valence-electron chi connectivity index (χ2n) is 8.22. The van der Waals surface area contributed by atoms with Crippen LogP contribution in [0.1, 0.15) is 36.8 Å². The number of aromatic amines is 1. The van der Waals surface area contributed by atoms with E-state index in [9.17, 15) is 22.8 Å². The zero-order chi connectivity index (χ0) is 26.0. The minimum absolute atomic E-state index is 0.0126. The Morgan fingerprint density at radius 3 is 2.44 bits per heavy atom. The van der Waals surface area contributed by atoms with Crippen molar-refractivity contribution in [3.8, 4) is 6.07 Å². The van der Waals surface area contributed by atoms with E-state index in [2.05, 4.69) is 15.4 Å². The molecule has 1 aliphatic carbocycles. The molecule has 2 fully saturated rings. The van der Waals surface area contributed by atoms with Crippen LogP contribution in [0.5, 0.6) is 0 Å². The molecule has 1 amide bonds. The molecule has 1 aliphatic heterocycles. The molecule has 0 atom stereocenters. The Balaban J connectivity index is 0.00000112. The minimum Gasteiger partial charge on any atom is -0.381 e. The standard InChI is InChI=1S/C20H22F3N7O3.C3H6/c21-20(22,23)18-15(13-27-28-19(18)32)25-4-10-33-9-3-17(31)30-7-5-29(6-8-30)16-2-1-14(11-24)12-26-16;1-2-3-1/h1-2,12-13H,3-10H2,(H2,25,28,32);1-3H2. The number of nitrogens with one attached hydrogen (secondary N) is 2. The molecular weight excluding hydrogens is 479 g/mol. The van der Waals surface area contributed by atoms with Crippen LogP contribution in [0.4, 0.5) is 24.7 Å². The molecule has 2 aromatic rings. The first-order valence-corrected chi connectivity index (χ1v) is 11.6. The number of nitrogens with zero attached hydrogens (tertiary/aromatic N) is 5. The van der Waals surface area contributed by atoms with E-state index in [0.29, 0.717) is 31.7 Å². The van der Waals surface area contributed by atoms with Gasteiger partial charge in [-0.1, -0.05) is 19.3 Å². The summed E-state index contributed by atoms with van der Waals surface area (Å²) in [4.78, 5) is 31.8. The molecule has 36 heavy (non-hydrogen) atoms. The average Bonchev–Trinajstić information content (AvgIpc) is 3.75. The number of alkyl halides is 3. The van der Waals surface area contributed by atoms with Crippen molar-refractivity contribution in [3.05, 3.63) is 46.0 Å². The molecule has 0 unspecified atom stereocenters. The number of rotatable bonds is 8. The molecule has 3 heterocycles. The number of H-pyrrole nitrogens is 1. The van der Waals surface area contributed by atoms with Gasteiger partial charge in [0.15, 0.2) is 0 Å². The highest BCUT2D eigenvalue weighted by Gasteiger charge is 2.37. The zero-order valence-corrected chi connectivity index (χ0v) is 19.7. The van der Waals surface area contributed by atoms with E-state index < -0.39 is 23.0 Å². The largest absolute Gasteiger partial charge is 0.423 e. The van der Waals surface area contributed by atoms with Crippen LogP contribution >= 0.6 is 0 Å². The van der Waals surface area contributed by atoms with Gasteiger partial charge in [0.2, 0.25) is 5.91 Å². The molecule has 4 rings (SSSR count). The number of pyridine rings is 1. The van der Waals surface area contributed by atoms with Crippen molar-refractivity contribution in [2.75, 3.05) is 56.2 Å². The number of hydrogen-bond donors (Lipinski definition) is 2. The highest BCUT2D eigenvalue weighted by Crippen LogP contribution is 2.31. The number of aromatic nitrogens is 3. The van der Waals surface area contributed by atoms with Gasteiger partial charge in [-0.2, -0.15) is 23.5 Å². The number of piperazine rings is 1.